The SMILES string of the molecule is CN(C1CC1)C1CCN(C(=O)O)C1. The molecule has 0 aromatic rings. The van der Waals surface area contributed by atoms with E-state index in [2.05, 4.69) is 11.9 Å². The second-order valence-electron chi connectivity index (χ2n) is 4.07. The molecule has 0 aromatic carbocycles. The van der Waals surface area contributed by atoms with Crippen LogP contribution in [0.2, 0.25) is 0 Å². The highest BCUT2D eigenvalue weighted by Crippen LogP contribution is 2.29. The monoisotopic (exact) mass is 184 g/mol. The predicted molar refractivity (Wildman–Crippen MR) is 48.8 cm³/mol. The second-order valence-corrected chi connectivity index (χ2v) is 4.07. The Balaban J connectivity index is 1.86. The molecule has 13 heavy (non-hydrogen) atoms. The van der Waals surface area contributed by atoms with Crippen molar-refractivity contribution < 1.29 is 9.90 Å². The van der Waals surface area contributed by atoms with Crippen LogP contribution in [0.5, 0.6) is 0 Å². The summed E-state index contributed by atoms with van der Waals surface area (Å²) in [5.41, 5.74) is 0. The van der Waals surface area contributed by atoms with E-state index >= 15 is 0 Å². The zero-order valence-corrected chi connectivity index (χ0v) is 7.94. The average molecular weight is 184 g/mol. The number of hydrogen-bond donors (Lipinski definition) is 1. The van der Waals surface area contributed by atoms with Crippen molar-refractivity contribution in [2.24, 2.45) is 0 Å². The lowest BCUT2D eigenvalue weighted by Gasteiger charge is -2.23. The lowest BCUT2D eigenvalue weighted by molar-refractivity contribution is 0.149. The summed E-state index contributed by atoms with van der Waals surface area (Å²) in [5, 5.41) is 8.77. The summed E-state index contributed by atoms with van der Waals surface area (Å²) in [6.45, 7) is 1.40. The summed E-state index contributed by atoms with van der Waals surface area (Å²) in [7, 11) is 2.12. The highest BCUT2D eigenvalue weighted by atomic mass is 16.4. The van der Waals surface area contributed by atoms with Crippen LogP contribution in [-0.4, -0.2) is 53.2 Å². The first-order valence-corrected chi connectivity index (χ1v) is 4.88. The van der Waals surface area contributed by atoms with Gasteiger partial charge in [-0.25, -0.2) is 4.79 Å². The first-order valence-electron chi connectivity index (χ1n) is 4.88. The van der Waals surface area contributed by atoms with Gasteiger partial charge in [0.2, 0.25) is 0 Å². The number of likely N-dealkylation sites (N-methyl/N-ethyl adjacent to an activating group) is 1. The Morgan fingerprint density at radius 2 is 2.08 bits per heavy atom. The first kappa shape index (κ1) is 8.81. The van der Waals surface area contributed by atoms with Crippen molar-refractivity contribution in [2.45, 2.75) is 31.3 Å². The molecule has 2 rings (SSSR count). The maximum absolute atomic E-state index is 10.7. The van der Waals surface area contributed by atoms with Gasteiger partial charge >= 0.3 is 6.09 Å². The maximum atomic E-state index is 10.7. The van der Waals surface area contributed by atoms with Gasteiger partial charge in [0.1, 0.15) is 0 Å². The van der Waals surface area contributed by atoms with Crippen LogP contribution in [0.25, 0.3) is 0 Å². The van der Waals surface area contributed by atoms with E-state index in [1.54, 1.807) is 0 Å². The summed E-state index contributed by atoms with van der Waals surface area (Å²) in [6.07, 6.45) is 2.81. The Labute approximate surface area is 78.1 Å². The number of hydrogen-bond acceptors (Lipinski definition) is 2. The fraction of sp³-hybridized carbons (Fsp3) is 0.889. The molecule has 0 aromatic heterocycles. The molecule has 2 aliphatic rings. The van der Waals surface area contributed by atoms with Crippen LogP contribution in [0.4, 0.5) is 4.79 Å². The van der Waals surface area contributed by atoms with Crippen LogP contribution >= 0.6 is 0 Å². The quantitative estimate of drug-likeness (QED) is 0.691. The third-order valence-corrected chi connectivity index (χ3v) is 3.13. The van der Waals surface area contributed by atoms with Gasteiger partial charge in [-0.2, -0.15) is 0 Å². The van der Waals surface area contributed by atoms with Gasteiger partial charge in [-0.3, -0.25) is 4.90 Å². The molecule has 1 saturated carbocycles. The van der Waals surface area contributed by atoms with Gasteiger partial charge in [0, 0.05) is 25.2 Å². The molecule has 0 bridgehead atoms. The summed E-state index contributed by atoms with van der Waals surface area (Å²) in [6, 6.07) is 1.20. The molecule has 0 spiro atoms. The van der Waals surface area contributed by atoms with E-state index < -0.39 is 6.09 Å². The van der Waals surface area contributed by atoms with E-state index in [0.717, 1.165) is 12.5 Å². The number of amides is 1. The van der Waals surface area contributed by atoms with Gasteiger partial charge in [-0.1, -0.05) is 0 Å². The van der Waals surface area contributed by atoms with Crippen LogP contribution < -0.4 is 0 Å². The predicted octanol–water partition coefficient (Wildman–Crippen LogP) is 0.833. The van der Waals surface area contributed by atoms with Crippen LogP contribution in [0.1, 0.15) is 19.3 Å². The molecule has 1 aliphatic heterocycles. The molecule has 4 nitrogen and oxygen atoms in total. The van der Waals surface area contributed by atoms with Crippen molar-refractivity contribution in [3.8, 4) is 0 Å². The highest BCUT2D eigenvalue weighted by Gasteiger charge is 2.35. The van der Waals surface area contributed by atoms with Gasteiger partial charge in [0.15, 0.2) is 0 Å². The summed E-state index contributed by atoms with van der Waals surface area (Å²) in [4.78, 5) is 14.5. The van der Waals surface area contributed by atoms with E-state index in [0.29, 0.717) is 19.1 Å². The number of carbonyl (C=O) groups is 1. The molecule has 1 heterocycles. The minimum absolute atomic E-state index is 0.462. The van der Waals surface area contributed by atoms with Crippen LogP contribution in [0.3, 0.4) is 0 Å². The van der Waals surface area contributed by atoms with Crippen LogP contribution in [0, 0.1) is 0 Å². The largest absolute Gasteiger partial charge is 0.465 e. The van der Waals surface area contributed by atoms with Gasteiger partial charge in [-0.15, -0.1) is 0 Å². The molecule has 1 atom stereocenters. The Hall–Kier alpha value is -0.770. The molecule has 4 heteroatoms. The smallest absolute Gasteiger partial charge is 0.407 e. The van der Waals surface area contributed by atoms with Crippen molar-refractivity contribution in [1.82, 2.24) is 9.80 Å². The van der Waals surface area contributed by atoms with Crippen molar-refractivity contribution in [2.75, 3.05) is 20.1 Å². The van der Waals surface area contributed by atoms with Gasteiger partial charge in [0.25, 0.3) is 0 Å². The zero-order valence-electron chi connectivity index (χ0n) is 7.94. The number of likely N-dealkylation sites (tertiary alicyclic amines) is 1. The van der Waals surface area contributed by atoms with E-state index in [9.17, 15) is 4.79 Å². The van der Waals surface area contributed by atoms with E-state index in [1.165, 1.54) is 17.7 Å². The summed E-state index contributed by atoms with van der Waals surface area (Å²) >= 11 is 0. The molecular formula is C9H16N2O2. The lowest BCUT2D eigenvalue weighted by atomic mass is 10.2. The molecule has 1 aliphatic carbocycles. The van der Waals surface area contributed by atoms with Crippen molar-refractivity contribution >= 4 is 6.09 Å². The Morgan fingerprint density at radius 1 is 1.38 bits per heavy atom. The Morgan fingerprint density at radius 3 is 2.54 bits per heavy atom. The summed E-state index contributed by atoms with van der Waals surface area (Å²) in [5.74, 6) is 0. The topological polar surface area (TPSA) is 43.8 Å². The highest BCUT2D eigenvalue weighted by molar-refractivity contribution is 5.65. The Bertz CT molecular complexity index is 216. The number of carboxylic acid groups (broad SMARTS) is 1. The van der Waals surface area contributed by atoms with Crippen LogP contribution in [-0.2, 0) is 0 Å². The third kappa shape index (κ3) is 1.77. The standard InChI is InChI=1S/C9H16N2O2/c1-10(7-2-3-7)8-4-5-11(6-8)9(12)13/h7-8H,2-6H2,1H3,(H,12,13). The van der Waals surface area contributed by atoms with E-state index in [1.807, 2.05) is 0 Å². The van der Waals surface area contributed by atoms with Gasteiger partial charge in [0.05, 0.1) is 0 Å². The lowest BCUT2D eigenvalue weighted by Crippen LogP contribution is -2.37. The molecule has 0 radical (unpaired) electrons. The molecule has 74 valence electrons. The zero-order chi connectivity index (χ0) is 9.42. The van der Waals surface area contributed by atoms with Crippen molar-refractivity contribution in [1.29, 1.82) is 0 Å². The molecule has 1 N–H and O–H groups in total. The fourth-order valence-corrected chi connectivity index (χ4v) is 2.03. The Kier molecular flexibility index (Phi) is 2.15. The normalized spacial score (nSPS) is 28.5. The fourth-order valence-electron chi connectivity index (χ4n) is 2.03. The molecule has 1 amide bonds. The third-order valence-electron chi connectivity index (χ3n) is 3.13. The van der Waals surface area contributed by atoms with Crippen molar-refractivity contribution in [3.05, 3.63) is 0 Å². The number of nitrogens with zero attached hydrogens (tertiary/aromatic N) is 2. The number of rotatable bonds is 2. The van der Waals surface area contributed by atoms with E-state index in [-0.39, 0.29) is 0 Å². The van der Waals surface area contributed by atoms with Gasteiger partial charge < -0.3 is 10.0 Å². The van der Waals surface area contributed by atoms with Crippen LogP contribution in [0.15, 0.2) is 0 Å². The minimum atomic E-state index is -0.772. The molecule has 1 unspecified atom stereocenters. The molecular weight excluding hydrogens is 168 g/mol. The molecule has 2 fully saturated rings. The average Bonchev–Trinajstić information content (AvgIpc) is 2.81. The maximum Gasteiger partial charge on any atom is 0.407 e. The summed E-state index contributed by atoms with van der Waals surface area (Å²) < 4.78 is 0. The molecule has 1 saturated heterocycles. The van der Waals surface area contributed by atoms with E-state index in [4.69, 9.17) is 5.11 Å². The minimum Gasteiger partial charge on any atom is -0.465 e. The van der Waals surface area contributed by atoms with Crippen molar-refractivity contribution in [3.63, 3.8) is 0 Å². The van der Waals surface area contributed by atoms with Gasteiger partial charge in [-0.05, 0) is 26.3 Å². The first-order chi connectivity index (χ1) is 6.18. The second kappa shape index (κ2) is 3.18.